The molecule has 0 spiro atoms. The van der Waals surface area contributed by atoms with Gasteiger partial charge in [0.1, 0.15) is 5.76 Å². The van der Waals surface area contributed by atoms with Gasteiger partial charge in [-0.1, -0.05) is 45.5 Å². The fraction of sp³-hybridized carbons (Fsp3) is 0.143. The number of thioether (sulfide) groups is 1. The minimum absolute atomic E-state index is 0.0398. The molecule has 2 aromatic carbocycles. The standard InChI is InChI=1S/C21H17BrN2O2S2/c22-15-8-9-18-19(13-15)28-21(23-18)24(14-16-5-4-11-26-16)20(25)10-12-27-17-6-2-1-3-7-17/h1-9,11,13H,10,12,14H2. The molecule has 0 N–H and O–H groups in total. The van der Waals surface area contributed by atoms with E-state index in [2.05, 4.69) is 33.0 Å². The smallest absolute Gasteiger partial charge is 0.230 e. The summed E-state index contributed by atoms with van der Waals surface area (Å²) in [5, 5.41) is 0.694. The van der Waals surface area contributed by atoms with Gasteiger partial charge in [0.15, 0.2) is 5.13 Å². The van der Waals surface area contributed by atoms with Gasteiger partial charge in [-0.25, -0.2) is 4.98 Å². The first-order chi connectivity index (χ1) is 13.7. The first-order valence-corrected chi connectivity index (χ1v) is 11.4. The van der Waals surface area contributed by atoms with Crippen molar-refractivity contribution < 1.29 is 9.21 Å². The zero-order valence-corrected chi connectivity index (χ0v) is 18.1. The lowest BCUT2D eigenvalue weighted by atomic mass is 10.3. The van der Waals surface area contributed by atoms with Crippen LogP contribution in [0.5, 0.6) is 0 Å². The maximum Gasteiger partial charge on any atom is 0.230 e. The molecule has 142 valence electrons. The van der Waals surface area contributed by atoms with Crippen LogP contribution in [0.25, 0.3) is 10.2 Å². The maximum atomic E-state index is 13.0. The number of halogens is 1. The zero-order chi connectivity index (χ0) is 19.3. The fourth-order valence-electron chi connectivity index (χ4n) is 2.73. The predicted octanol–water partition coefficient (Wildman–Crippen LogP) is 6.37. The lowest BCUT2D eigenvalue weighted by molar-refractivity contribution is -0.118. The summed E-state index contributed by atoms with van der Waals surface area (Å²) in [4.78, 5) is 20.6. The molecule has 0 radical (unpaired) electrons. The number of anilines is 1. The molecule has 0 aliphatic rings. The summed E-state index contributed by atoms with van der Waals surface area (Å²) in [6, 6.07) is 19.8. The molecule has 0 unspecified atom stereocenters. The lowest BCUT2D eigenvalue weighted by Gasteiger charge is -2.18. The van der Waals surface area contributed by atoms with Crippen LogP contribution in [-0.4, -0.2) is 16.6 Å². The Hall–Kier alpha value is -2.09. The third kappa shape index (κ3) is 4.66. The SMILES string of the molecule is O=C(CCSc1ccccc1)N(Cc1ccco1)c1nc2ccc(Br)cc2s1. The molecule has 0 aliphatic carbocycles. The Labute approximate surface area is 179 Å². The Bertz CT molecular complexity index is 1060. The number of carbonyl (C=O) groups is 1. The number of fused-ring (bicyclic) bond motifs is 1. The van der Waals surface area contributed by atoms with Gasteiger partial charge in [-0.2, -0.15) is 0 Å². The number of aromatic nitrogens is 1. The van der Waals surface area contributed by atoms with Crippen LogP contribution in [0.3, 0.4) is 0 Å². The first kappa shape index (κ1) is 19.2. The van der Waals surface area contributed by atoms with Crippen LogP contribution in [0.1, 0.15) is 12.2 Å². The number of nitrogens with zero attached hydrogens (tertiary/aromatic N) is 2. The van der Waals surface area contributed by atoms with E-state index in [1.807, 2.05) is 48.5 Å². The summed E-state index contributed by atoms with van der Waals surface area (Å²) in [5.74, 6) is 1.50. The summed E-state index contributed by atoms with van der Waals surface area (Å²) in [5.41, 5.74) is 0.888. The number of furan rings is 1. The molecule has 0 fully saturated rings. The van der Waals surface area contributed by atoms with Crippen molar-refractivity contribution in [2.45, 2.75) is 17.9 Å². The van der Waals surface area contributed by atoms with E-state index in [9.17, 15) is 4.79 Å². The number of carbonyl (C=O) groups excluding carboxylic acids is 1. The van der Waals surface area contributed by atoms with Gasteiger partial charge in [0.25, 0.3) is 0 Å². The number of rotatable bonds is 7. The number of benzene rings is 2. The van der Waals surface area contributed by atoms with Crippen molar-refractivity contribution in [2.24, 2.45) is 0 Å². The van der Waals surface area contributed by atoms with Gasteiger partial charge in [-0.05, 0) is 42.5 Å². The van der Waals surface area contributed by atoms with Crippen molar-refractivity contribution in [3.63, 3.8) is 0 Å². The molecule has 0 saturated carbocycles. The normalized spacial score (nSPS) is 11.0. The lowest BCUT2D eigenvalue weighted by Crippen LogP contribution is -2.30. The highest BCUT2D eigenvalue weighted by Gasteiger charge is 2.21. The van der Waals surface area contributed by atoms with E-state index in [4.69, 9.17) is 4.42 Å². The molecular formula is C21H17BrN2O2S2. The highest BCUT2D eigenvalue weighted by Crippen LogP contribution is 2.32. The summed E-state index contributed by atoms with van der Waals surface area (Å²) >= 11 is 6.69. The summed E-state index contributed by atoms with van der Waals surface area (Å²) in [6.07, 6.45) is 2.05. The Morgan fingerprint density at radius 2 is 2.00 bits per heavy atom. The van der Waals surface area contributed by atoms with Gasteiger partial charge in [0.2, 0.25) is 5.91 Å². The number of hydrogen-bond acceptors (Lipinski definition) is 5. The van der Waals surface area contributed by atoms with Gasteiger partial charge in [0.05, 0.1) is 23.0 Å². The molecule has 4 aromatic rings. The van der Waals surface area contributed by atoms with E-state index >= 15 is 0 Å². The van der Waals surface area contributed by atoms with E-state index in [1.54, 1.807) is 22.9 Å². The molecule has 2 aromatic heterocycles. The van der Waals surface area contributed by atoms with E-state index in [0.717, 1.165) is 25.3 Å². The van der Waals surface area contributed by atoms with Gasteiger partial charge >= 0.3 is 0 Å². The minimum Gasteiger partial charge on any atom is -0.467 e. The van der Waals surface area contributed by atoms with Crippen LogP contribution < -0.4 is 4.90 Å². The number of amides is 1. The number of hydrogen-bond donors (Lipinski definition) is 0. The molecular weight excluding hydrogens is 456 g/mol. The van der Waals surface area contributed by atoms with Crippen LogP contribution in [0, 0.1) is 0 Å². The minimum atomic E-state index is 0.0398. The van der Waals surface area contributed by atoms with Crippen molar-refractivity contribution in [3.05, 3.63) is 77.2 Å². The summed E-state index contributed by atoms with van der Waals surface area (Å²) in [6.45, 7) is 0.378. The van der Waals surface area contributed by atoms with E-state index in [1.165, 1.54) is 11.3 Å². The quantitative estimate of drug-likeness (QED) is 0.293. The van der Waals surface area contributed by atoms with Crippen molar-refractivity contribution in [1.82, 2.24) is 4.98 Å². The van der Waals surface area contributed by atoms with Crippen LogP contribution in [-0.2, 0) is 11.3 Å². The van der Waals surface area contributed by atoms with E-state index < -0.39 is 0 Å². The Balaban J connectivity index is 1.52. The van der Waals surface area contributed by atoms with Gasteiger partial charge < -0.3 is 4.42 Å². The third-order valence-corrected chi connectivity index (χ3v) is 6.64. The molecule has 7 heteroatoms. The van der Waals surface area contributed by atoms with Gasteiger partial charge in [0, 0.05) is 21.5 Å². The molecule has 2 heterocycles. The molecule has 1 amide bonds. The largest absolute Gasteiger partial charge is 0.467 e. The average molecular weight is 473 g/mol. The molecule has 0 saturated heterocycles. The van der Waals surface area contributed by atoms with E-state index in [-0.39, 0.29) is 5.91 Å². The maximum absolute atomic E-state index is 13.0. The highest BCUT2D eigenvalue weighted by molar-refractivity contribution is 9.10. The summed E-state index contributed by atoms with van der Waals surface area (Å²) in [7, 11) is 0. The average Bonchev–Trinajstić information content (AvgIpc) is 3.36. The molecule has 0 bridgehead atoms. The second-order valence-corrected chi connectivity index (χ2v) is 9.17. The van der Waals surface area contributed by atoms with Crippen molar-refractivity contribution in [2.75, 3.05) is 10.7 Å². The van der Waals surface area contributed by atoms with Crippen molar-refractivity contribution in [3.8, 4) is 0 Å². The molecule has 4 rings (SSSR count). The predicted molar refractivity (Wildman–Crippen MR) is 119 cm³/mol. The fourth-order valence-corrected chi connectivity index (χ4v) is 5.13. The van der Waals surface area contributed by atoms with Crippen LogP contribution in [0.15, 0.2) is 80.7 Å². The first-order valence-electron chi connectivity index (χ1n) is 8.76. The van der Waals surface area contributed by atoms with Gasteiger partial charge in [-0.15, -0.1) is 11.8 Å². The van der Waals surface area contributed by atoms with Crippen LogP contribution in [0.4, 0.5) is 5.13 Å². The van der Waals surface area contributed by atoms with E-state index in [0.29, 0.717) is 23.8 Å². The third-order valence-electron chi connectivity index (χ3n) is 4.09. The molecule has 0 atom stereocenters. The molecule has 0 aliphatic heterocycles. The Morgan fingerprint density at radius 3 is 2.79 bits per heavy atom. The zero-order valence-electron chi connectivity index (χ0n) is 14.9. The second kappa shape index (κ2) is 8.94. The Morgan fingerprint density at radius 1 is 1.14 bits per heavy atom. The van der Waals surface area contributed by atoms with Crippen LogP contribution in [0.2, 0.25) is 0 Å². The number of thiazole rings is 1. The van der Waals surface area contributed by atoms with Gasteiger partial charge in [-0.3, -0.25) is 9.69 Å². The van der Waals surface area contributed by atoms with Crippen molar-refractivity contribution >= 4 is 60.3 Å². The molecule has 28 heavy (non-hydrogen) atoms. The topological polar surface area (TPSA) is 46.3 Å². The highest BCUT2D eigenvalue weighted by atomic mass is 79.9. The molecule has 4 nitrogen and oxygen atoms in total. The Kier molecular flexibility index (Phi) is 6.14. The van der Waals surface area contributed by atoms with Crippen LogP contribution >= 0.6 is 39.0 Å². The summed E-state index contributed by atoms with van der Waals surface area (Å²) < 4.78 is 7.51. The van der Waals surface area contributed by atoms with Crippen molar-refractivity contribution in [1.29, 1.82) is 0 Å². The second-order valence-electron chi connectivity index (χ2n) is 6.08. The monoisotopic (exact) mass is 472 g/mol.